The summed E-state index contributed by atoms with van der Waals surface area (Å²) in [7, 11) is 0. The molecule has 0 spiro atoms. The molecule has 110 valence electrons. The third-order valence-electron chi connectivity index (χ3n) is 3.37. The summed E-state index contributed by atoms with van der Waals surface area (Å²) in [5.41, 5.74) is 4.31. The van der Waals surface area contributed by atoms with Crippen molar-refractivity contribution in [3.8, 4) is 0 Å². The summed E-state index contributed by atoms with van der Waals surface area (Å²) >= 11 is 0. The van der Waals surface area contributed by atoms with Crippen molar-refractivity contribution < 1.29 is 9.90 Å². The van der Waals surface area contributed by atoms with Crippen molar-refractivity contribution in [1.29, 1.82) is 0 Å². The number of rotatable bonds is 7. The number of hydrogen-bond donors (Lipinski definition) is 2. The molecule has 0 aliphatic rings. The Morgan fingerprint density at radius 3 is 2.52 bits per heavy atom. The lowest BCUT2D eigenvalue weighted by atomic mass is 10.1. The number of carboxylic acids is 1. The zero-order valence-electron chi connectivity index (χ0n) is 12.2. The summed E-state index contributed by atoms with van der Waals surface area (Å²) in [6, 6.07) is 11.7. The summed E-state index contributed by atoms with van der Waals surface area (Å²) in [4.78, 5) is 15.0. The van der Waals surface area contributed by atoms with Gasteiger partial charge in [0, 0.05) is 19.3 Å². The molecule has 0 bridgehead atoms. The summed E-state index contributed by atoms with van der Waals surface area (Å²) in [6.45, 7) is 3.61. The summed E-state index contributed by atoms with van der Waals surface area (Å²) in [5, 5.41) is 12.1. The fourth-order valence-corrected chi connectivity index (χ4v) is 2.23. The molecule has 0 amide bonds. The van der Waals surface area contributed by atoms with Gasteiger partial charge in [-0.3, -0.25) is 9.78 Å². The van der Waals surface area contributed by atoms with E-state index in [1.165, 1.54) is 5.56 Å². The highest BCUT2D eigenvalue weighted by molar-refractivity contribution is 5.70. The highest BCUT2D eigenvalue weighted by atomic mass is 16.4. The van der Waals surface area contributed by atoms with Crippen LogP contribution in [0.3, 0.4) is 0 Å². The Morgan fingerprint density at radius 1 is 1.14 bits per heavy atom. The normalized spacial score (nSPS) is 10.5. The van der Waals surface area contributed by atoms with E-state index in [0.29, 0.717) is 0 Å². The third-order valence-corrected chi connectivity index (χ3v) is 3.37. The molecule has 1 heterocycles. The molecule has 0 atom stereocenters. The maximum Gasteiger partial charge on any atom is 0.307 e. The SMILES string of the molecule is CCc1cccnc1CNCc1ccc(CC(=O)O)cc1. The van der Waals surface area contributed by atoms with Crippen LogP contribution in [0.15, 0.2) is 42.6 Å². The summed E-state index contributed by atoms with van der Waals surface area (Å²) in [6.07, 6.45) is 2.87. The second kappa shape index (κ2) is 7.55. The highest BCUT2D eigenvalue weighted by Gasteiger charge is 2.02. The van der Waals surface area contributed by atoms with Gasteiger partial charge < -0.3 is 10.4 Å². The molecule has 0 aliphatic carbocycles. The second-order valence-electron chi connectivity index (χ2n) is 4.95. The third kappa shape index (κ3) is 4.68. The van der Waals surface area contributed by atoms with Gasteiger partial charge in [-0.25, -0.2) is 0 Å². The van der Waals surface area contributed by atoms with Gasteiger partial charge in [0.2, 0.25) is 0 Å². The molecule has 2 N–H and O–H groups in total. The quantitative estimate of drug-likeness (QED) is 0.820. The molecule has 1 aromatic heterocycles. The topological polar surface area (TPSA) is 62.2 Å². The number of nitrogens with zero attached hydrogens (tertiary/aromatic N) is 1. The number of aliphatic carboxylic acids is 1. The van der Waals surface area contributed by atoms with E-state index >= 15 is 0 Å². The fraction of sp³-hybridized carbons (Fsp3) is 0.294. The minimum atomic E-state index is -0.803. The molecule has 0 fully saturated rings. The van der Waals surface area contributed by atoms with E-state index < -0.39 is 5.97 Å². The molecule has 0 aliphatic heterocycles. The lowest BCUT2D eigenvalue weighted by Crippen LogP contribution is -2.15. The molecular weight excluding hydrogens is 264 g/mol. The van der Waals surface area contributed by atoms with Crippen molar-refractivity contribution in [2.45, 2.75) is 32.9 Å². The number of carboxylic acid groups (broad SMARTS) is 1. The van der Waals surface area contributed by atoms with Crippen molar-refractivity contribution in [3.63, 3.8) is 0 Å². The van der Waals surface area contributed by atoms with Crippen LogP contribution >= 0.6 is 0 Å². The van der Waals surface area contributed by atoms with Crippen LogP contribution in [0.25, 0.3) is 0 Å². The largest absolute Gasteiger partial charge is 0.481 e. The lowest BCUT2D eigenvalue weighted by Gasteiger charge is -2.08. The first-order valence-electron chi connectivity index (χ1n) is 7.12. The number of carbonyl (C=O) groups is 1. The molecule has 0 unspecified atom stereocenters. The second-order valence-corrected chi connectivity index (χ2v) is 4.95. The average molecular weight is 284 g/mol. The molecule has 0 radical (unpaired) electrons. The Morgan fingerprint density at radius 2 is 1.86 bits per heavy atom. The van der Waals surface area contributed by atoms with Crippen molar-refractivity contribution in [2.24, 2.45) is 0 Å². The van der Waals surface area contributed by atoms with E-state index in [1.54, 1.807) is 0 Å². The molecular formula is C17H20N2O2. The van der Waals surface area contributed by atoms with Crippen LogP contribution in [0.1, 0.15) is 29.3 Å². The fourth-order valence-electron chi connectivity index (χ4n) is 2.23. The summed E-state index contributed by atoms with van der Waals surface area (Å²) < 4.78 is 0. The van der Waals surface area contributed by atoms with E-state index in [0.717, 1.165) is 36.3 Å². The van der Waals surface area contributed by atoms with Crippen molar-refractivity contribution in [2.75, 3.05) is 0 Å². The van der Waals surface area contributed by atoms with Gasteiger partial charge in [0.25, 0.3) is 0 Å². The van der Waals surface area contributed by atoms with Crippen LogP contribution in [0, 0.1) is 0 Å². The molecule has 4 heteroatoms. The molecule has 0 saturated carbocycles. The smallest absolute Gasteiger partial charge is 0.307 e. The van der Waals surface area contributed by atoms with E-state index in [1.807, 2.05) is 36.5 Å². The molecule has 4 nitrogen and oxygen atoms in total. The van der Waals surface area contributed by atoms with Gasteiger partial charge in [-0.2, -0.15) is 0 Å². The zero-order valence-corrected chi connectivity index (χ0v) is 12.2. The van der Waals surface area contributed by atoms with Crippen molar-refractivity contribution in [1.82, 2.24) is 10.3 Å². The van der Waals surface area contributed by atoms with Crippen LogP contribution in [-0.2, 0) is 30.7 Å². The van der Waals surface area contributed by atoms with Crippen LogP contribution in [-0.4, -0.2) is 16.1 Å². The Kier molecular flexibility index (Phi) is 5.46. The Bertz CT molecular complexity index is 594. The van der Waals surface area contributed by atoms with Gasteiger partial charge in [-0.1, -0.05) is 37.3 Å². The van der Waals surface area contributed by atoms with Gasteiger partial charge in [-0.15, -0.1) is 0 Å². The van der Waals surface area contributed by atoms with Gasteiger partial charge >= 0.3 is 5.97 Å². The van der Waals surface area contributed by atoms with Gasteiger partial charge in [0.15, 0.2) is 0 Å². The Hall–Kier alpha value is -2.20. The van der Waals surface area contributed by atoms with Gasteiger partial charge in [-0.05, 0) is 29.2 Å². The van der Waals surface area contributed by atoms with E-state index in [2.05, 4.69) is 23.3 Å². The van der Waals surface area contributed by atoms with Crippen LogP contribution in [0.2, 0.25) is 0 Å². The van der Waals surface area contributed by atoms with Gasteiger partial charge in [0.05, 0.1) is 12.1 Å². The first-order chi connectivity index (χ1) is 10.2. The first-order valence-corrected chi connectivity index (χ1v) is 7.12. The van der Waals surface area contributed by atoms with Crippen molar-refractivity contribution >= 4 is 5.97 Å². The number of nitrogens with one attached hydrogen (secondary N) is 1. The average Bonchev–Trinajstić information content (AvgIpc) is 2.49. The minimum absolute atomic E-state index is 0.0709. The molecule has 2 aromatic rings. The van der Waals surface area contributed by atoms with Crippen LogP contribution in [0.4, 0.5) is 0 Å². The first kappa shape index (κ1) is 15.2. The Balaban J connectivity index is 1.87. The minimum Gasteiger partial charge on any atom is -0.481 e. The predicted molar refractivity (Wildman–Crippen MR) is 81.9 cm³/mol. The highest BCUT2D eigenvalue weighted by Crippen LogP contribution is 2.08. The summed E-state index contributed by atoms with van der Waals surface area (Å²) in [5.74, 6) is -0.803. The number of hydrogen-bond acceptors (Lipinski definition) is 3. The monoisotopic (exact) mass is 284 g/mol. The molecule has 21 heavy (non-hydrogen) atoms. The van der Waals surface area contributed by atoms with E-state index in [4.69, 9.17) is 5.11 Å². The van der Waals surface area contributed by atoms with E-state index in [-0.39, 0.29) is 6.42 Å². The van der Waals surface area contributed by atoms with Crippen LogP contribution < -0.4 is 5.32 Å². The van der Waals surface area contributed by atoms with Crippen LogP contribution in [0.5, 0.6) is 0 Å². The number of pyridine rings is 1. The number of aromatic nitrogens is 1. The standard InChI is InChI=1S/C17H20N2O2/c1-2-15-4-3-9-19-16(15)12-18-11-14-7-5-13(6-8-14)10-17(20)21/h3-9,18H,2,10-12H2,1H3,(H,20,21). The number of aryl methyl sites for hydroxylation is 1. The van der Waals surface area contributed by atoms with Gasteiger partial charge in [0.1, 0.15) is 0 Å². The maximum atomic E-state index is 10.6. The lowest BCUT2D eigenvalue weighted by molar-refractivity contribution is -0.136. The number of benzene rings is 1. The van der Waals surface area contributed by atoms with Crippen molar-refractivity contribution in [3.05, 3.63) is 65.0 Å². The molecule has 2 rings (SSSR count). The molecule has 0 saturated heterocycles. The molecule has 1 aromatic carbocycles. The predicted octanol–water partition coefficient (Wildman–Crippen LogP) is 2.56. The maximum absolute atomic E-state index is 10.6. The van der Waals surface area contributed by atoms with E-state index in [9.17, 15) is 4.79 Å². The Labute approximate surface area is 124 Å². The zero-order chi connectivity index (χ0) is 15.1.